The van der Waals surface area contributed by atoms with Gasteiger partial charge in [-0.15, -0.1) is 0 Å². The number of aliphatic hydroxyl groups is 1. The summed E-state index contributed by atoms with van der Waals surface area (Å²) in [5.41, 5.74) is 2.76. The highest BCUT2D eigenvalue weighted by molar-refractivity contribution is 5.69. The first-order valence-electron chi connectivity index (χ1n) is 17.6. The Morgan fingerprint density at radius 2 is 1.51 bits per heavy atom. The maximum atomic E-state index is 13.1. The average Bonchev–Trinajstić information content (AvgIpc) is 3.53. The summed E-state index contributed by atoms with van der Waals surface area (Å²) in [4.78, 5) is 18.3. The van der Waals surface area contributed by atoms with E-state index in [0.717, 1.165) is 75.3 Å². The molecule has 4 unspecified atom stereocenters. The van der Waals surface area contributed by atoms with E-state index in [-0.39, 0.29) is 5.97 Å². The van der Waals surface area contributed by atoms with Crippen LogP contribution in [0.2, 0.25) is 0 Å². The van der Waals surface area contributed by atoms with Gasteiger partial charge in [0.25, 0.3) is 0 Å². The summed E-state index contributed by atoms with van der Waals surface area (Å²) in [5.74, 6) is 1.98. The van der Waals surface area contributed by atoms with Crippen LogP contribution >= 0.6 is 0 Å². The van der Waals surface area contributed by atoms with Crippen molar-refractivity contribution in [2.75, 3.05) is 46.4 Å². The zero-order chi connectivity index (χ0) is 32.5. The Kier molecular flexibility index (Phi) is 11.6. The fourth-order valence-corrected chi connectivity index (χ4v) is 8.06. The minimum atomic E-state index is -0.761. The number of hydrogen-bond donors (Lipinski definition) is 1. The number of benzene rings is 3. The topological polar surface area (TPSA) is 71.5 Å². The van der Waals surface area contributed by atoms with Crippen LogP contribution in [-0.4, -0.2) is 79.0 Å². The fourth-order valence-electron chi connectivity index (χ4n) is 8.06. The van der Waals surface area contributed by atoms with Crippen molar-refractivity contribution in [3.8, 4) is 5.75 Å². The van der Waals surface area contributed by atoms with Gasteiger partial charge in [-0.25, -0.2) is 0 Å². The zero-order valence-electron chi connectivity index (χ0n) is 28.0. The number of nitrogens with zero attached hydrogens (tertiary/aromatic N) is 2. The van der Waals surface area contributed by atoms with E-state index >= 15 is 0 Å². The average molecular weight is 641 g/mol. The lowest BCUT2D eigenvalue weighted by Gasteiger charge is -2.40. The van der Waals surface area contributed by atoms with Gasteiger partial charge in [-0.2, -0.15) is 0 Å². The number of ether oxygens (including phenoxy) is 3. The minimum absolute atomic E-state index is 0.0957. The number of piperidine rings is 1. The molecule has 0 aromatic heterocycles. The third-order valence-corrected chi connectivity index (χ3v) is 10.8. The van der Waals surface area contributed by atoms with Crippen molar-refractivity contribution >= 4 is 5.97 Å². The molecule has 1 saturated carbocycles. The quantitative estimate of drug-likeness (QED) is 0.216. The van der Waals surface area contributed by atoms with Crippen molar-refractivity contribution in [2.24, 2.45) is 11.8 Å². The second-order valence-corrected chi connectivity index (χ2v) is 14.1. The van der Waals surface area contributed by atoms with Crippen LogP contribution in [0.5, 0.6) is 5.75 Å². The Morgan fingerprint density at radius 3 is 2.23 bits per heavy atom. The summed E-state index contributed by atoms with van der Waals surface area (Å²) in [6.45, 7) is 6.08. The third-order valence-electron chi connectivity index (χ3n) is 10.8. The summed E-state index contributed by atoms with van der Waals surface area (Å²) in [5, 5.41) is 11.3. The second-order valence-electron chi connectivity index (χ2n) is 14.1. The maximum absolute atomic E-state index is 13.1. The Balaban J connectivity index is 1.04. The molecule has 0 radical (unpaired) electrons. The van der Waals surface area contributed by atoms with Gasteiger partial charge in [0.15, 0.2) is 0 Å². The van der Waals surface area contributed by atoms with Gasteiger partial charge in [-0.1, -0.05) is 85.6 Å². The molecule has 7 nitrogen and oxygen atoms in total. The molecule has 47 heavy (non-hydrogen) atoms. The highest BCUT2D eigenvalue weighted by atomic mass is 16.5. The second kappa shape index (κ2) is 16.2. The van der Waals surface area contributed by atoms with Gasteiger partial charge in [-0.3, -0.25) is 9.69 Å². The highest BCUT2D eigenvalue weighted by Crippen LogP contribution is 2.40. The van der Waals surface area contributed by atoms with E-state index in [2.05, 4.69) is 52.3 Å². The number of carbonyl (C=O) groups excluding carboxylic acids is 1. The molecule has 0 bridgehead atoms. The van der Waals surface area contributed by atoms with Crippen molar-refractivity contribution in [2.45, 2.75) is 75.7 Å². The van der Waals surface area contributed by atoms with E-state index in [9.17, 15) is 9.90 Å². The molecule has 2 saturated heterocycles. The van der Waals surface area contributed by atoms with Crippen LogP contribution in [0, 0.1) is 11.8 Å². The van der Waals surface area contributed by atoms with Gasteiger partial charge in [0.2, 0.25) is 0 Å². The van der Waals surface area contributed by atoms with E-state index < -0.39 is 5.60 Å². The number of hydrogen-bond acceptors (Lipinski definition) is 7. The molecule has 7 heteroatoms. The van der Waals surface area contributed by atoms with E-state index in [1.807, 2.05) is 42.5 Å². The summed E-state index contributed by atoms with van der Waals surface area (Å²) < 4.78 is 17.0. The minimum Gasteiger partial charge on any atom is -0.497 e. The number of likely N-dealkylation sites (tertiary alicyclic amines) is 2. The van der Waals surface area contributed by atoms with Gasteiger partial charge in [-0.05, 0) is 66.3 Å². The summed E-state index contributed by atoms with van der Waals surface area (Å²) >= 11 is 0. The number of rotatable bonds is 13. The lowest BCUT2D eigenvalue weighted by Crippen LogP contribution is -2.48. The Morgan fingerprint density at radius 1 is 0.830 bits per heavy atom. The maximum Gasteiger partial charge on any atom is 0.306 e. The van der Waals surface area contributed by atoms with Gasteiger partial charge >= 0.3 is 5.97 Å². The summed E-state index contributed by atoms with van der Waals surface area (Å²) in [7, 11) is 1.65. The number of carbonyl (C=O) groups is 1. The molecule has 0 spiro atoms. The number of methoxy groups -OCH3 is 1. The Hall–Kier alpha value is -3.23. The molecule has 3 aromatic carbocycles. The van der Waals surface area contributed by atoms with Crippen LogP contribution in [-0.2, 0) is 27.5 Å². The molecule has 3 fully saturated rings. The molecule has 3 aromatic rings. The number of esters is 1. The third kappa shape index (κ3) is 9.23. The smallest absolute Gasteiger partial charge is 0.306 e. The monoisotopic (exact) mass is 640 g/mol. The Labute approximate surface area is 280 Å². The van der Waals surface area contributed by atoms with Crippen molar-refractivity contribution < 1.29 is 24.1 Å². The van der Waals surface area contributed by atoms with Crippen molar-refractivity contribution in [3.63, 3.8) is 0 Å². The first kappa shape index (κ1) is 33.7. The molecular weight excluding hydrogens is 588 g/mol. The van der Waals surface area contributed by atoms with Crippen molar-refractivity contribution in [1.29, 1.82) is 0 Å². The van der Waals surface area contributed by atoms with Crippen LogP contribution in [0.3, 0.4) is 0 Å². The predicted octanol–water partition coefficient (Wildman–Crippen LogP) is 6.45. The lowest BCUT2D eigenvalue weighted by molar-refractivity contribution is -0.147. The van der Waals surface area contributed by atoms with Crippen molar-refractivity contribution in [1.82, 2.24) is 9.80 Å². The highest BCUT2D eigenvalue weighted by Gasteiger charge is 2.42. The van der Waals surface area contributed by atoms with Gasteiger partial charge in [0.1, 0.15) is 12.4 Å². The molecule has 4 atom stereocenters. The summed E-state index contributed by atoms with van der Waals surface area (Å²) in [6, 6.07) is 29.3. The van der Waals surface area contributed by atoms with Crippen LogP contribution in [0.4, 0.5) is 0 Å². The standard InChI is InChI=1S/C40H52N2O5/c1-45-36-18-16-32(17-19-36)29-47-39(43)24-34-14-8-9-15-38(34)42-26-35(37(27-42)33-12-6-3-7-13-33)25-41-22-20-40(44,21-23-41)30-46-28-31-10-4-2-5-11-31/h2-7,10-13,16-19,34-35,37-38,44H,8-9,14-15,20-30H2,1H3. The lowest BCUT2D eigenvalue weighted by atomic mass is 9.81. The van der Waals surface area contributed by atoms with Crippen LogP contribution in [0.25, 0.3) is 0 Å². The molecule has 0 amide bonds. The van der Waals surface area contributed by atoms with Gasteiger partial charge < -0.3 is 24.2 Å². The predicted molar refractivity (Wildman–Crippen MR) is 184 cm³/mol. The Bertz CT molecular complexity index is 1380. The molecular formula is C40H52N2O5. The van der Waals surface area contributed by atoms with E-state index in [1.165, 1.54) is 18.4 Å². The van der Waals surface area contributed by atoms with Gasteiger partial charge in [0.05, 0.1) is 25.9 Å². The van der Waals surface area contributed by atoms with E-state index in [1.54, 1.807) is 7.11 Å². The van der Waals surface area contributed by atoms with Crippen LogP contribution in [0.15, 0.2) is 84.9 Å². The molecule has 6 rings (SSSR count). The largest absolute Gasteiger partial charge is 0.497 e. The fraction of sp³-hybridized carbons (Fsp3) is 0.525. The van der Waals surface area contributed by atoms with E-state index in [4.69, 9.17) is 14.2 Å². The normalized spacial score (nSPS) is 25.0. The van der Waals surface area contributed by atoms with Crippen molar-refractivity contribution in [3.05, 3.63) is 102 Å². The summed E-state index contributed by atoms with van der Waals surface area (Å²) in [6.07, 6.45) is 6.57. The zero-order valence-corrected chi connectivity index (χ0v) is 28.0. The SMILES string of the molecule is COc1ccc(COC(=O)CC2CCCCC2N2CC(CN3CCC(O)(COCc4ccccc4)CC3)C(c3ccccc3)C2)cc1. The first-order valence-corrected chi connectivity index (χ1v) is 17.6. The first-order chi connectivity index (χ1) is 23.0. The van der Waals surface area contributed by atoms with Crippen LogP contribution in [0.1, 0.15) is 67.6 Å². The molecule has 3 aliphatic rings. The molecule has 2 heterocycles. The molecule has 1 aliphatic carbocycles. The van der Waals surface area contributed by atoms with E-state index in [0.29, 0.717) is 50.0 Å². The molecule has 2 aliphatic heterocycles. The molecule has 1 N–H and O–H groups in total. The van der Waals surface area contributed by atoms with Crippen LogP contribution < -0.4 is 4.74 Å². The van der Waals surface area contributed by atoms with Gasteiger partial charge in [0, 0.05) is 51.1 Å². The molecule has 252 valence electrons.